The van der Waals surface area contributed by atoms with Crippen LogP contribution in [0.2, 0.25) is 0 Å². The van der Waals surface area contributed by atoms with Crippen LogP contribution in [0.25, 0.3) is 11.8 Å². The molecule has 2 aromatic carbocycles. The maximum atomic E-state index is 6.27. The lowest BCUT2D eigenvalue weighted by molar-refractivity contribution is 0.162. The standard InChI is InChI=1S/C22H26O4/c1-5-11-25-17-9-7-15(8-10-17)20-12-16-13-21(23-3)22(24-4)14-18(16)19(6-2)26-20/h7-10,12-14,19H,5-6,11H2,1-4H3. The topological polar surface area (TPSA) is 36.9 Å². The molecule has 1 aliphatic rings. The van der Waals surface area contributed by atoms with E-state index >= 15 is 0 Å². The van der Waals surface area contributed by atoms with Crippen LogP contribution in [0.15, 0.2) is 36.4 Å². The van der Waals surface area contributed by atoms with Gasteiger partial charge in [0.2, 0.25) is 0 Å². The number of methoxy groups -OCH3 is 2. The maximum Gasteiger partial charge on any atom is 0.161 e. The number of rotatable bonds is 7. The molecule has 26 heavy (non-hydrogen) atoms. The van der Waals surface area contributed by atoms with Crippen LogP contribution in [0.1, 0.15) is 49.5 Å². The van der Waals surface area contributed by atoms with Crippen LogP contribution in [0.3, 0.4) is 0 Å². The lowest BCUT2D eigenvalue weighted by atomic mass is 9.95. The molecule has 0 fully saturated rings. The van der Waals surface area contributed by atoms with Gasteiger partial charge in [0.25, 0.3) is 0 Å². The van der Waals surface area contributed by atoms with Crippen LogP contribution in [-0.2, 0) is 4.74 Å². The van der Waals surface area contributed by atoms with Crippen LogP contribution in [0.5, 0.6) is 17.2 Å². The summed E-state index contributed by atoms with van der Waals surface area (Å²) in [6, 6.07) is 12.1. The fraction of sp³-hybridized carbons (Fsp3) is 0.364. The van der Waals surface area contributed by atoms with E-state index in [-0.39, 0.29) is 6.10 Å². The Morgan fingerprint density at radius 1 is 0.962 bits per heavy atom. The van der Waals surface area contributed by atoms with Gasteiger partial charge in [0, 0.05) is 11.1 Å². The van der Waals surface area contributed by atoms with Crippen molar-refractivity contribution < 1.29 is 18.9 Å². The maximum absolute atomic E-state index is 6.27. The van der Waals surface area contributed by atoms with E-state index in [4.69, 9.17) is 18.9 Å². The highest BCUT2D eigenvalue weighted by Crippen LogP contribution is 2.42. The second kappa shape index (κ2) is 8.17. The van der Waals surface area contributed by atoms with Crippen molar-refractivity contribution in [1.29, 1.82) is 0 Å². The van der Waals surface area contributed by atoms with Gasteiger partial charge in [-0.3, -0.25) is 0 Å². The Morgan fingerprint density at radius 2 is 1.65 bits per heavy atom. The van der Waals surface area contributed by atoms with Gasteiger partial charge in [0.05, 0.1) is 20.8 Å². The zero-order chi connectivity index (χ0) is 18.5. The lowest BCUT2D eigenvalue weighted by Crippen LogP contribution is -2.10. The molecule has 4 nitrogen and oxygen atoms in total. The van der Waals surface area contributed by atoms with Gasteiger partial charge in [0.15, 0.2) is 11.5 Å². The van der Waals surface area contributed by atoms with Crippen LogP contribution >= 0.6 is 0 Å². The van der Waals surface area contributed by atoms with Crippen molar-refractivity contribution in [3.63, 3.8) is 0 Å². The van der Waals surface area contributed by atoms with E-state index in [1.165, 1.54) is 0 Å². The predicted molar refractivity (Wildman–Crippen MR) is 104 cm³/mol. The van der Waals surface area contributed by atoms with E-state index in [1.54, 1.807) is 14.2 Å². The fourth-order valence-corrected chi connectivity index (χ4v) is 3.10. The van der Waals surface area contributed by atoms with Crippen LogP contribution < -0.4 is 14.2 Å². The smallest absolute Gasteiger partial charge is 0.161 e. The average Bonchev–Trinajstić information content (AvgIpc) is 2.70. The third-order valence-electron chi connectivity index (χ3n) is 4.47. The highest BCUT2D eigenvalue weighted by Gasteiger charge is 2.24. The Bertz CT molecular complexity index is 777. The minimum absolute atomic E-state index is 0.0131. The average molecular weight is 354 g/mol. The van der Waals surface area contributed by atoms with E-state index in [0.29, 0.717) is 0 Å². The molecule has 0 spiro atoms. The molecule has 0 aromatic heterocycles. The summed E-state index contributed by atoms with van der Waals surface area (Å²) in [7, 11) is 3.30. The van der Waals surface area contributed by atoms with Crippen molar-refractivity contribution in [2.24, 2.45) is 0 Å². The molecule has 0 amide bonds. The quantitative estimate of drug-likeness (QED) is 0.660. The zero-order valence-electron chi connectivity index (χ0n) is 15.9. The summed E-state index contributed by atoms with van der Waals surface area (Å²) in [5, 5.41) is 0. The third-order valence-corrected chi connectivity index (χ3v) is 4.47. The predicted octanol–water partition coefficient (Wildman–Crippen LogP) is 5.47. The van der Waals surface area contributed by atoms with Crippen molar-refractivity contribution in [3.8, 4) is 17.2 Å². The first-order chi connectivity index (χ1) is 12.7. The van der Waals surface area contributed by atoms with Crippen LogP contribution in [0.4, 0.5) is 0 Å². The highest BCUT2D eigenvalue weighted by atomic mass is 16.5. The summed E-state index contributed by atoms with van der Waals surface area (Å²) in [5.74, 6) is 3.19. The number of ether oxygens (including phenoxy) is 4. The van der Waals surface area contributed by atoms with Crippen LogP contribution in [0, 0.1) is 0 Å². The van der Waals surface area contributed by atoms with Gasteiger partial charge >= 0.3 is 0 Å². The molecule has 1 aliphatic heterocycles. The molecule has 0 N–H and O–H groups in total. The van der Waals surface area contributed by atoms with Gasteiger partial charge < -0.3 is 18.9 Å². The fourth-order valence-electron chi connectivity index (χ4n) is 3.10. The Labute approximate surface area is 155 Å². The minimum Gasteiger partial charge on any atom is -0.494 e. The van der Waals surface area contributed by atoms with E-state index < -0.39 is 0 Å². The molecule has 0 bridgehead atoms. The molecule has 3 rings (SSSR count). The molecule has 1 atom stereocenters. The van der Waals surface area contributed by atoms with E-state index in [0.717, 1.165) is 59.1 Å². The van der Waals surface area contributed by atoms with E-state index in [2.05, 4.69) is 19.9 Å². The monoisotopic (exact) mass is 354 g/mol. The van der Waals surface area contributed by atoms with Crippen molar-refractivity contribution >= 4 is 11.8 Å². The molecule has 0 saturated carbocycles. The van der Waals surface area contributed by atoms with Gasteiger partial charge in [-0.25, -0.2) is 0 Å². The first-order valence-corrected chi connectivity index (χ1v) is 9.07. The molecular weight excluding hydrogens is 328 g/mol. The van der Waals surface area contributed by atoms with Gasteiger partial charge in [0.1, 0.15) is 17.6 Å². The van der Waals surface area contributed by atoms with Crippen molar-refractivity contribution in [2.45, 2.75) is 32.8 Å². The molecule has 4 heteroatoms. The number of hydrogen-bond donors (Lipinski definition) is 0. The number of fused-ring (bicyclic) bond motifs is 1. The Balaban J connectivity index is 1.96. The zero-order valence-corrected chi connectivity index (χ0v) is 15.9. The molecule has 0 saturated heterocycles. The molecule has 0 radical (unpaired) electrons. The van der Waals surface area contributed by atoms with Crippen molar-refractivity contribution in [3.05, 3.63) is 53.1 Å². The summed E-state index contributed by atoms with van der Waals surface area (Å²) >= 11 is 0. The van der Waals surface area contributed by atoms with Crippen LogP contribution in [-0.4, -0.2) is 20.8 Å². The summed E-state index contributed by atoms with van der Waals surface area (Å²) < 4.78 is 22.8. The lowest BCUT2D eigenvalue weighted by Gasteiger charge is -2.27. The van der Waals surface area contributed by atoms with Gasteiger partial charge in [-0.1, -0.05) is 13.8 Å². The summed E-state index contributed by atoms with van der Waals surface area (Å²) in [4.78, 5) is 0. The first kappa shape index (κ1) is 18.2. The Kier molecular flexibility index (Phi) is 5.71. The summed E-state index contributed by atoms with van der Waals surface area (Å²) in [5.41, 5.74) is 3.26. The SMILES string of the molecule is CCCOc1ccc(C2=Cc3cc(OC)c(OC)cc3C(CC)O2)cc1. The van der Waals surface area contributed by atoms with Gasteiger partial charge in [-0.2, -0.15) is 0 Å². The summed E-state index contributed by atoms with van der Waals surface area (Å²) in [6.07, 6.45) is 3.92. The molecular formula is C22H26O4. The van der Waals surface area contributed by atoms with Gasteiger partial charge in [-0.05, 0) is 60.9 Å². The first-order valence-electron chi connectivity index (χ1n) is 9.07. The molecule has 1 unspecified atom stereocenters. The minimum atomic E-state index is -0.0131. The highest BCUT2D eigenvalue weighted by molar-refractivity contribution is 5.81. The van der Waals surface area contributed by atoms with Crippen molar-refractivity contribution in [2.75, 3.05) is 20.8 Å². The Hall–Kier alpha value is -2.62. The Morgan fingerprint density at radius 3 is 2.27 bits per heavy atom. The molecule has 0 aliphatic carbocycles. The molecule has 2 aromatic rings. The largest absolute Gasteiger partial charge is 0.494 e. The van der Waals surface area contributed by atoms with Gasteiger partial charge in [-0.15, -0.1) is 0 Å². The van der Waals surface area contributed by atoms with E-state index in [9.17, 15) is 0 Å². The molecule has 1 heterocycles. The number of hydrogen-bond acceptors (Lipinski definition) is 4. The summed E-state index contributed by atoms with van der Waals surface area (Å²) in [6.45, 7) is 4.95. The second-order valence-corrected chi connectivity index (χ2v) is 6.23. The number of benzene rings is 2. The normalized spacial score (nSPS) is 15.5. The molecule has 138 valence electrons. The third kappa shape index (κ3) is 3.64. The van der Waals surface area contributed by atoms with Crippen molar-refractivity contribution in [1.82, 2.24) is 0 Å². The second-order valence-electron chi connectivity index (χ2n) is 6.23. The van der Waals surface area contributed by atoms with E-state index in [1.807, 2.05) is 36.4 Å².